The summed E-state index contributed by atoms with van der Waals surface area (Å²) >= 11 is 3.69. The van der Waals surface area contributed by atoms with Gasteiger partial charge < -0.3 is 0 Å². The Kier molecular flexibility index (Phi) is 3.91. The van der Waals surface area contributed by atoms with Gasteiger partial charge in [0.2, 0.25) is 0 Å². The van der Waals surface area contributed by atoms with Crippen LogP contribution in [0.5, 0.6) is 0 Å². The molecule has 66 valence electrons. The molecule has 0 aromatic heterocycles. The summed E-state index contributed by atoms with van der Waals surface area (Å²) < 4.78 is 0. The van der Waals surface area contributed by atoms with Gasteiger partial charge >= 0.3 is 0 Å². The molecule has 1 aliphatic rings. The van der Waals surface area contributed by atoms with Crippen molar-refractivity contribution in [3.05, 3.63) is 0 Å². The molecule has 1 rings (SSSR count). The van der Waals surface area contributed by atoms with Crippen LogP contribution in [0.2, 0.25) is 0 Å². The van der Waals surface area contributed by atoms with E-state index in [2.05, 4.69) is 29.8 Å². The van der Waals surface area contributed by atoms with Crippen molar-refractivity contribution in [1.29, 1.82) is 0 Å². The lowest BCUT2D eigenvalue weighted by atomic mass is 9.93. The summed E-state index contributed by atoms with van der Waals surface area (Å²) in [5.41, 5.74) is 0. The maximum atomic E-state index is 3.69. The standard InChI is InChI=1S/C10H19Br/c1-3-8(2)6-9-4-5-10(11)7-9/h8-10H,3-7H2,1-2H3. The third-order valence-electron chi connectivity index (χ3n) is 2.91. The van der Waals surface area contributed by atoms with Crippen LogP contribution in [-0.2, 0) is 0 Å². The second-order valence-corrected chi connectivity index (χ2v) is 5.32. The van der Waals surface area contributed by atoms with E-state index in [0.29, 0.717) is 0 Å². The van der Waals surface area contributed by atoms with E-state index in [1.54, 1.807) is 0 Å². The highest BCUT2D eigenvalue weighted by Gasteiger charge is 2.23. The summed E-state index contributed by atoms with van der Waals surface area (Å²) in [6.45, 7) is 4.67. The van der Waals surface area contributed by atoms with Crippen LogP contribution in [-0.4, -0.2) is 4.83 Å². The largest absolute Gasteiger partial charge is 0.0891 e. The predicted molar refractivity (Wildman–Crippen MR) is 54.1 cm³/mol. The zero-order chi connectivity index (χ0) is 8.27. The van der Waals surface area contributed by atoms with Gasteiger partial charge in [-0.2, -0.15) is 0 Å². The van der Waals surface area contributed by atoms with Crippen LogP contribution < -0.4 is 0 Å². The van der Waals surface area contributed by atoms with E-state index in [0.717, 1.165) is 16.7 Å². The monoisotopic (exact) mass is 218 g/mol. The Morgan fingerprint density at radius 3 is 2.64 bits per heavy atom. The minimum absolute atomic E-state index is 0.830. The molecule has 0 amide bonds. The number of halogens is 1. The number of alkyl halides is 1. The molecule has 0 saturated heterocycles. The number of hydrogen-bond acceptors (Lipinski definition) is 0. The number of rotatable bonds is 3. The third kappa shape index (κ3) is 3.14. The van der Waals surface area contributed by atoms with Crippen molar-refractivity contribution in [2.45, 2.75) is 50.8 Å². The fraction of sp³-hybridized carbons (Fsp3) is 1.00. The van der Waals surface area contributed by atoms with Crippen LogP contribution >= 0.6 is 15.9 Å². The molecule has 0 aromatic carbocycles. The van der Waals surface area contributed by atoms with Crippen molar-refractivity contribution in [2.75, 3.05) is 0 Å². The molecule has 0 radical (unpaired) electrons. The highest BCUT2D eigenvalue weighted by atomic mass is 79.9. The SMILES string of the molecule is CCC(C)CC1CCC(Br)C1. The van der Waals surface area contributed by atoms with Gasteiger partial charge in [-0.3, -0.25) is 0 Å². The van der Waals surface area contributed by atoms with Crippen LogP contribution in [0.15, 0.2) is 0 Å². The van der Waals surface area contributed by atoms with Gasteiger partial charge in [-0.15, -0.1) is 0 Å². The minimum Gasteiger partial charge on any atom is -0.0891 e. The van der Waals surface area contributed by atoms with Crippen LogP contribution in [0.25, 0.3) is 0 Å². The van der Waals surface area contributed by atoms with Crippen LogP contribution in [0.4, 0.5) is 0 Å². The molecule has 1 heteroatoms. The summed E-state index contributed by atoms with van der Waals surface area (Å²) in [6, 6.07) is 0. The first-order valence-electron chi connectivity index (χ1n) is 4.86. The number of hydrogen-bond donors (Lipinski definition) is 0. The first-order chi connectivity index (χ1) is 5.22. The van der Waals surface area contributed by atoms with Gasteiger partial charge in [0.05, 0.1) is 0 Å². The topological polar surface area (TPSA) is 0 Å². The van der Waals surface area contributed by atoms with E-state index in [4.69, 9.17) is 0 Å². The summed E-state index contributed by atoms with van der Waals surface area (Å²) in [5, 5.41) is 0. The first kappa shape index (κ1) is 9.57. The Morgan fingerprint density at radius 1 is 1.45 bits per heavy atom. The molecule has 0 bridgehead atoms. The van der Waals surface area contributed by atoms with Gasteiger partial charge in [-0.25, -0.2) is 0 Å². The molecule has 0 N–H and O–H groups in total. The van der Waals surface area contributed by atoms with Gasteiger partial charge in [0.25, 0.3) is 0 Å². The molecular formula is C10H19Br. The second kappa shape index (κ2) is 4.49. The molecule has 11 heavy (non-hydrogen) atoms. The molecule has 0 nitrogen and oxygen atoms in total. The average Bonchev–Trinajstić information content (AvgIpc) is 2.35. The van der Waals surface area contributed by atoms with Gasteiger partial charge in [-0.05, 0) is 37.5 Å². The first-order valence-corrected chi connectivity index (χ1v) is 5.78. The predicted octanol–water partition coefficient (Wildman–Crippen LogP) is 3.99. The van der Waals surface area contributed by atoms with Gasteiger partial charge in [0, 0.05) is 4.83 Å². The lowest BCUT2D eigenvalue weighted by Gasteiger charge is -2.13. The Balaban J connectivity index is 2.17. The molecule has 3 atom stereocenters. The highest BCUT2D eigenvalue weighted by Crippen LogP contribution is 2.35. The van der Waals surface area contributed by atoms with Crippen molar-refractivity contribution in [1.82, 2.24) is 0 Å². The molecule has 0 aliphatic heterocycles. The van der Waals surface area contributed by atoms with Crippen molar-refractivity contribution in [2.24, 2.45) is 11.8 Å². The van der Waals surface area contributed by atoms with E-state index in [1.165, 1.54) is 32.1 Å². The maximum absolute atomic E-state index is 3.69. The molecule has 0 heterocycles. The fourth-order valence-corrected chi connectivity index (χ4v) is 2.76. The summed E-state index contributed by atoms with van der Waals surface area (Å²) in [7, 11) is 0. The molecule has 0 aromatic rings. The third-order valence-corrected chi connectivity index (χ3v) is 3.74. The minimum atomic E-state index is 0.830. The van der Waals surface area contributed by atoms with Crippen LogP contribution in [0.1, 0.15) is 46.0 Å². The average molecular weight is 219 g/mol. The summed E-state index contributed by atoms with van der Waals surface area (Å²) in [5.74, 6) is 1.96. The van der Waals surface area contributed by atoms with E-state index >= 15 is 0 Å². The Morgan fingerprint density at radius 2 is 2.18 bits per heavy atom. The lowest BCUT2D eigenvalue weighted by Crippen LogP contribution is -2.02. The fourth-order valence-electron chi connectivity index (χ4n) is 1.96. The quantitative estimate of drug-likeness (QED) is 0.629. The molecule has 1 saturated carbocycles. The van der Waals surface area contributed by atoms with Crippen LogP contribution in [0, 0.1) is 11.8 Å². The van der Waals surface area contributed by atoms with E-state index < -0.39 is 0 Å². The van der Waals surface area contributed by atoms with Crippen molar-refractivity contribution in [3.8, 4) is 0 Å². The molecule has 1 aliphatic carbocycles. The van der Waals surface area contributed by atoms with Gasteiger partial charge in [-0.1, -0.05) is 36.2 Å². The van der Waals surface area contributed by atoms with Gasteiger partial charge in [0.1, 0.15) is 0 Å². The maximum Gasteiger partial charge on any atom is 0.0148 e. The zero-order valence-corrected chi connectivity index (χ0v) is 9.23. The highest BCUT2D eigenvalue weighted by molar-refractivity contribution is 9.09. The summed E-state index contributed by atoms with van der Waals surface area (Å²) in [6.07, 6.45) is 7.09. The smallest absolute Gasteiger partial charge is 0.0148 e. The normalized spacial score (nSPS) is 34.1. The van der Waals surface area contributed by atoms with Crippen molar-refractivity contribution >= 4 is 15.9 Å². The molecule has 0 spiro atoms. The van der Waals surface area contributed by atoms with Crippen LogP contribution in [0.3, 0.4) is 0 Å². The molecule has 1 fully saturated rings. The van der Waals surface area contributed by atoms with E-state index in [-0.39, 0.29) is 0 Å². The molecule has 3 unspecified atom stereocenters. The van der Waals surface area contributed by atoms with Crippen molar-refractivity contribution in [3.63, 3.8) is 0 Å². The Bertz CT molecular complexity index is 111. The van der Waals surface area contributed by atoms with E-state index in [1.807, 2.05) is 0 Å². The summed E-state index contributed by atoms with van der Waals surface area (Å²) in [4.78, 5) is 0.830. The van der Waals surface area contributed by atoms with Crippen molar-refractivity contribution < 1.29 is 0 Å². The van der Waals surface area contributed by atoms with E-state index in [9.17, 15) is 0 Å². The Labute approximate surface area is 78.9 Å². The Hall–Kier alpha value is 0.480. The second-order valence-electron chi connectivity index (χ2n) is 4.03. The lowest BCUT2D eigenvalue weighted by molar-refractivity contribution is 0.390. The van der Waals surface area contributed by atoms with Gasteiger partial charge in [0.15, 0.2) is 0 Å². The molecular weight excluding hydrogens is 200 g/mol. The zero-order valence-electron chi connectivity index (χ0n) is 7.65.